The molecule has 260 valence electrons. The fourth-order valence-corrected chi connectivity index (χ4v) is 4.76. The molecule has 8 N–H and O–H groups in total. The van der Waals surface area contributed by atoms with E-state index < -0.39 is 29.5 Å². The highest BCUT2D eigenvalue weighted by Crippen LogP contribution is 2.21. The molecule has 0 unspecified atom stereocenters. The third kappa shape index (κ3) is 9.20. The Kier molecular flexibility index (Phi) is 12.2. The lowest BCUT2D eigenvalue weighted by Crippen LogP contribution is -2.29. The van der Waals surface area contributed by atoms with Crippen LogP contribution in [-0.4, -0.2) is 65.4 Å². The van der Waals surface area contributed by atoms with E-state index in [-0.39, 0.29) is 58.5 Å². The third-order valence-electron chi connectivity index (χ3n) is 7.02. The van der Waals surface area contributed by atoms with E-state index in [0.29, 0.717) is 22.7 Å². The van der Waals surface area contributed by atoms with Crippen molar-refractivity contribution in [3.05, 3.63) is 82.9 Å². The van der Waals surface area contributed by atoms with Crippen LogP contribution in [0.3, 0.4) is 0 Å². The Balaban J connectivity index is 0.00000650. The van der Waals surface area contributed by atoms with Crippen LogP contribution in [0.25, 0.3) is 0 Å². The molecule has 4 heterocycles. The van der Waals surface area contributed by atoms with Crippen LogP contribution in [0.1, 0.15) is 48.4 Å². The second-order valence-corrected chi connectivity index (χ2v) is 11.7. The quantitative estimate of drug-likeness (QED) is 0.0376. The number of hydrogen-bond donors (Lipinski definition) is 7. The number of aryl methyl sites for hydroxylation is 4. The minimum Gasteiger partial charge on any atom is -0.409 e. The van der Waals surface area contributed by atoms with Gasteiger partial charge in [-0.2, -0.15) is 0 Å². The van der Waals surface area contributed by atoms with E-state index in [0.717, 1.165) is 0 Å². The molecule has 0 aliphatic rings. The lowest BCUT2D eigenvalue weighted by Gasteiger charge is -2.04. The Morgan fingerprint density at radius 3 is 1.35 bits per heavy atom. The lowest BCUT2D eigenvalue weighted by atomic mass is 10.3. The fraction of sp³-hybridized carbons (Fsp3) is 0.200. The van der Waals surface area contributed by atoms with E-state index in [2.05, 4.69) is 54.2 Å². The van der Waals surface area contributed by atoms with Crippen LogP contribution in [0.15, 0.2) is 65.3 Å². The maximum absolute atomic E-state index is 13.2. The predicted molar refractivity (Wildman–Crippen MR) is 190 cm³/mol. The molecule has 0 saturated heterocycles. The van der Waals surface area contributed by atoms with Crippen molar-refractivity contribution in [2.75, 3.05) is 27.8 Å². The number of nitrogens with two attached hydrogens (primary N) is 1. The van der Waals surface area contributed by atoms with Gasteiger partial charge >= 0.3 is 0 Å². The van der Waals surface area contributed by atoms with Crippen molar-refractivity contribution in [2.45, 2.75) is 6.42 Å². The van der Waals surface area contributed by atoms with Gasteiger partial charge in [0.2, 0.25) is 0 Å². The molecule has 0 aliphatic heterocycles. The summed E-state index contributed by atoms with van der Waals surface area (Å²) >= 11 is 3.01. The number of carbonyl (C=O) groups is 5. The van der Waals surface area contributed by atoms with E-state index >= 15 is 0 Å². The number of aromatic nitrogens is 4. The second kappa shape index (κ2) is 15.9. The van der Waals surface area contributed by atoms with E-state index in [1.54, 1.807) is 62.1 Å². The Labute approximate surface area is 294 Å². The Morgan fingerprint density at radius 2 is 1.02 bits per heavy atom. The summed E-state index contributed by atoms with van der Waals surface area (Å²) < 4.78 is 6.31. The zero-order valence-corrected chi connectivity index (χ0v) is 29.2. The molecule has 4 rings (SSSR count). The molecule has 5 amide bonds. The van der Waals surface area contributed by atoms with Crippen molar-refractivity contribution in [1.29, 1.82) is 0 Å². The first-order chi connectivity index (χ1) is 22.7. The average Bonchev–Trinajstić information content (AvgIpc) is 3.78. The molecule has 4 aromatic heterocycles. The molecule has 49 heavy (non-hydrogen) atoms. The van der Waals surface area contributed by atoms with Crippen LogP contribution < -0.4 is 32.3 Å². The number of halogens is 2. The number of carbonyl (C=O) groups excluding carboxylic acids is 5. The minimum atomic E-state index is -0.486. The maximum atomic E-state index is 13.2. The summed E-state index contributed by atoms with van der Waals surface area (Å²) in [7, 11) is 6.58. The highest BCUT2D eigenvalue weighted by Gasteiger charge is 2.20. The summed E-state index contributed by atoms with van der Waals surface area (Å²) in [6, 6.07) is 6.01. The average molecular weight is 761 g/mol. The highest BCUT2D eigenvalue weighted by molar-refractivity contribution is 9.12. The van der Waals surface area contributed by atoms with Crippen LogP contribution in [-0.2, 0) is 33.0 Å². The molecule has 17 nitrogen and oxygen atoms in total. The van der Waals surface area contributed by atoms with E-state index in [1.807, 2.05) is 0 Å². The van der Waals surface area contributed by atoms with Gasteiger partial charge in [-0.25, -0.2) is 0 Å². The molecule has 4 aromatic rings. The number of amides is 5. The summed E-state index contributed by atoms with van der Waals surface area (Å²) in [5.74, 6) is -2.30. The maximum Gasteiger partial charge on any atom is 0.272 e. The van der Waals surface area contributed by atoms with Crippen LogP contribution in [0.2, 0.25) is 0 Å². The van der Waals surface area contributed by atoms with Gasteiger partial charge in [0.05, 0.1) is 27.2 Å². The Morgan fingerprint density at radius 1 is 0.694 bits per heavy atom. The number of oxime groups is 1. The van der Waals surface area contributed by atoms with E-state index in [1.165, 1.54) is 33.4 Å². The summed E-state index contributed by atoms with van der Waals surface area (Å²) in [6.45, 7) is 3.67. The second-order valence-electron chi connectivity index (χ2n) is 10.7. The van der Waals surface area contributed by atoms with Gasteiger partial charge in [0, 0.05) is 65.9 Å². The first kappa shape index (κ1) is 37.7. The zero-order chi connectivity index (χ0) is 35.3. The predicted octanol–water partition coefficient (Wildman–Crippen LogP) is 2.93. The molecular formula is C30H35BrClN11O6. The van der Waals surface area contributed by atoms with Gasteiger partial charge in [0.15, 0.2) is 0 Å². The Bertz CT molecular complexity index is 1970. The van der Waals surface area contributed by atoms with Gasteiger partial charge < -0.3 is 55.8 Å². The van der Waals surface area contributed by atoms with Gasteiger partial charge in [-0.3, -0.25) is 24.0 Å². The highest BCUT2D eigenvalue weighted by atomic mass is 79.9. The third-order valence-corrected chi connectivity index (χ3v) is 7.38. The summed E-state index contributed by atoms with van der Waals surface area (Å²) in [5, 5.41) is 25.0. The molecule has 19 heteroatoms. The number of rotatable bonds is 12. The normalized spacial score (nSPS) is 10.9. The molecule has 0 fully saturated rings. The molecular weight excluding hydrogens is 726 g/mol. The van der Waals surface area contributed by atoms with Crippen LogP contribution in [0.4, 0.5) is 22.7 Å². The van der Waals surface area contributed by atoms with Crippen molar-refractivity contribution in [3.63, 3.8) is 0 Å². The number of anilines is 4. The van der Waals surface area contributed by atoms with Crippen molar-refractivity contribution in [2.24, 2.45) is 39.1 Å². The molecule has 0 aliphatic carbocycles. The lowest BCUT2D eigenvalue weighted by molar-refractivity contribution is -0.112. The van der Waals surface area contributed by atoms with Crippen molar-refractivity contribution < 1.29 is 29.2 Å². The SMILES string of the molecule is C=C(Br)C(=O)Nc1cc(C(=O)Nc2cc(C(=O)Nc3cc(C(=O)Nc4cc(C(=O)NCC/C(N)=N/O)n(C)c4)n(C)c3)n(C)c2)n(C)c1.Cl. The van der Waals surface area contributed by atoms with Crippen LogP contribution in [0.5, 0.6) is 0 Å². The summed E-state index contributed by atoms with van der Waals surface area (Å²) in [4.78, 5) is 63.6. The first-order valence-corrected chi connectivity index (χ1v) is 15.0. The van der Waals surface area contributed by atoms with Crippen molar-refractivity contribution in [1.82, 2.24) is 23.6 Å². The molecule has 0 saturated carbocycles. The minimum absolute atomic E-state index is 0. The number of nitrogens with one attached hydrogen (secondary N) is 5. The van der Waals surface area contributed by atoms with Gasteiger partial charge in [0.1, 0.15) is 28.6 Å². The van der Waals surface area contributed by atoms with E-state index in [9.17, 15) is 24.0 Å². The number of amidine groups is 1. The van der Waals surface area contributed by atoms with Gasteiger partial charge in [0.25, 0.3) is 29.5 Å². The largest absolute Gasteiger partial charge is 0.409 e. The molecule has 0 radical (unpaired) electrons. The molecule has 0 spiro atoms. The molecule has 0 atom stereocenters. The van der Waals surface area contributed by atoms with Gasteiger partial charge in [-0.15, -0.1) is 12.4 Å². The summed E-state index contributed by atoms with van der Waals surface area (Å²) in [5.41, 5.74) is 7.92. The zero-order valence-electron chi connectivity index (χ0n) is 26.8. The van der Waals surface area contributed by atoms with Crippen LogP contribution in [0, 0.1) is 0 Å². The topological polar surface area (TPSA) is 224 Å². The smallest absolute Gasteiger partial charge is 0.272 e. The van der Waals surface area contributed by atoms with E-state index in [4.69, 9.17) is 10.9 Å². The standard InChI is InChI=1S/C30H34BrN11O6.ClH/c1-16(31)26(43)34-17-9-22(40(3)12-17)28(45)36-19-11-24(42(5)14-19)30(47)37-20-10-23(41(4)15-20)29(46)35-18-8-21(39(2)13-18)27(44)33-7-6-25(32)38-48;/h8-15,48H,1,6-7H2,2-5H3,(H2,32,38)(H,33,44)(H,34,43)(H,35,46)(H,36,45)(H,37,47);1H. The Hall–Kier alpha value is -5.75. The number of nitrogens with zero attached hydrogens (tertiary/aromatic N) is 5. The molecule has 0 bridgehead atoms. The van der Waals surface area contributed by atoms with Crippen molar-refractivity contribution in [3.8, 4) is 0 Å². The van der Waals surface area contributed by atoms with Gasteiger partial charge in [-0.1, -0.05) is 11.7 Å². The molecule has 0 aromatic carbocycles. The summed E-state index contributed by atoms with van der Waals surface area (Å²) in [6.07, 6.45) is 6.46. The van der Waals surface area contributed by atoms with Crippen LogP contribution >= 0.6 is 28.3 Å². The van der Waals surface area contributed by atoms with Crippen molar-refractivity contribution >= 4 is 86.5 Å². The number of hydrogen-bond acceptors (Lipinski definition) is 7. The first-order valence-electron chi connectivity index (χ1n) is 14.2. The van der Waals surface area contributed by atoms with Gasteiger partial charge in [-0.05, 0) is 40.2 Å². The fourth-order valence-electron chi connectivity index (χ4n) is 4.66. The monoisotopic (exact) mass is 759 g/mol.